The van der Waals surface area contributed by atoms with E-state index in [2.05, 4.69) is 9.10 Å². The molecule has 1 N–H and O–H groups in total. The van der Waals surface area contributed by atoms with Crippen molar-refractivity contribution in [3.05, 3.63) is 35.2 Å². The number of benzene rings is 1. The number of nitrogens with one attached hydrogen (secondary N) is 1. The van der Waals surface area contributed by atoms with Gasteiger partial charge < -0.3 is 4.74 Å². The highest BCUT2D eigenvalue weighted by atomic mass is 32.2. The largest absolute Gasteiger partial charge is 0.494 e. The first-order chi connectivity index (χ1) is 9.51. The molecule has 2 aromatic rings. The van der Waals surface area contributed by atoms with Crippen molar-refractivity contribution in [3.8, 4) is 5.75 Å². The molecule has 0 saturated heterocycles. The predicted molar refractivity (Wildman–Crippen MR) is 79.9 cm³/mol. The average Bonchev–Trinajstić information content (AvgIpc) is 2.81. The first-order valence-electron chi connectivity index (χ1n) is 6.20. The van der Waals surface area contributed by atoms with E-state index in [1.807, 2.05) is 13.8 Å². The Bertz CT molecular complexity index is 663. The van der Waals surface area contributed by atoms with Gasteiger partial charge in [-0.25, -0.2) is 8.42 Å². The van der Waals surface area contributed by atoms with Crippen LogP contribution >= 0.6 is 11.5 Å². The van der Waals surface area contributed by atoms with Crippen LogP contribution in [-0.4, -0.2) is 19.4 Å². The zero-order valence-corrected chi connectivity index (χ0v) is 12.9. The van der Waals surface area contributed by atoms with Gasteiger partial charge in [-0.3, -0.25) is 4.72 Å². The third-order valence-electron chi connectivity index (χ3n) is 2.47. The third-order valence-corrected chi connectivity index (χ3v) is 4.54. The number of nitrogens with zero attached hydrogens (tertiary/aromatic N) is 1. The molecule has 2 rings (SSSR count). The van der Waals surface area contributed by atoms with Crippen LogP contribution in [0.4, 0.5) is 5.82 Å². The fraction of sp³-hybridized carbons (Fsp3) is 0.308. The van der Waals surface area contributed by atoms with E-state index in [1.165, 1.54) is 23.7 Å². The summed E-state index contributed by atoms with van der Waals surface area (Å²) >= 11 is 1.25. The highest BCUT2D eigenvalue weighted by Gasteiger charge is 2.15. The van der Waals surface area contributed by atoms with Crippen LogP contribution in [0.2, 0.25) is 0 Å². The fourth-order valence-corrected chi connectivity index (χ4v) is 3.10. The summed E-state index contributed by atoms with van der Waals surface area (Å²) < 4.78 is 36.2. The Hall–Kier alpha value is -1.60. The Kier molecular flexibility index (Phi) is 4.61. The smallest absolute Gasteiger partial charge is 0.263 e. The molecule has 1 aromatic carbocycles. The summed E-state index contributed by atoms with van der Waals surface area (Å²) in [6.07, 6.45) is 0.908. The van der Waals surface area contributed by atoms with E-state index < -0.39 is 10.0 Å². The van der Waals surface area contributed by atoms with E-state index in [-0.39, 0.29) is 4.90 Å². The van der Waals surface area contributed by atoms with Gasteiger partial charge in [0.1, 0.15) is 5.75 Å². The molecule has 1 aromatic heterocycles. The van der Waals surface area contributed by atoms with Crippen LogP contribution in [0.3, 0.4) is 0 Å². The molecule has 0 aliphatic rings. The van der Waals surface area contributed by atoms with Crippen molar-refractivity contribution in [1.29, 1.82) is 0 Å². The molecule has 0 atom stereocenters. The Morgan fingerprint density at radius 2 is 2.00 bits per heavy atom. The fourth-order valence-electron chi connectivity index (χ4n) is 1.55. The lowest BCUT2D eigenvalue weighted by Crippen LogP contribution is -2.13. The molecular weight excluding hydrogens is 296 g/mol. The monoisotopic (exact) mass is 312 g/mol. The SMILES string of the molecule is CCCOc1ccc(S(=O)(=O)Nc2cc(C)sn2)cc1. The second-order valence-corrected chi connectivity index (χ2v) is 6.94. The van der Waals surface area contributed by atoms with E-state index in [1.54, 1.807) is 18.2 Å². The van der Waals surface area contributed by atoms with Crippen molar-refractivity contribution in [1.82, 2.24) is 4.37 Å². The molecule has 0 fully saturated rings. The first kappa shape index (κ1) is 14.8. The maximum Gasteiger partial charge on any atom is 0.263 e. The normalized spacial score (nSPS) is 11.3. The standard InChI is InChI=1S/C13H16N2O3S2/c1-3-8-18-11-4-6-12(7-5-11)20(16,17)15-13-9-10(2)19-14-13/h4-7,9H,3,8H2,1-2H3,(H,14,15). The molecule has 108 valence electrons. The predicted octanol–water partition coefficient (Wildman–Crippen LogP) is 3.04. The Balaban J connectivity index is 2.13. The zero-order valence-electron chi connectivity index (χ0n) is 11.3. The van der Waals surface area contributed by atoms with Gasteiger partial charge >= 0.3 is 0 Å². The van der Waals surface area contributed by atoms with Crippen molar-refractivity contribution >= 4 is 27.4 Å². The van der Waals surface area contributed by atoms with Gasteiger partial charge in [0.2, 0.25) is 0 Å². The highest BCUT2D eigenvalue weighted by Crippen LogP contribution is 2.20. The summed E-state index contributed by atoms with van der Waals surface area (Å²) in [6, 6.07) is 8.03. The molecule has 0 aliphatic heterocycles. The molecule has 7 heteroatoms. The third kappa shape index (κ3) is 3.71. The number of ether oxygens (including phenoxy) is 1. The van der Waals surface area contributed by atoms with E-state index in [9.17, 15) is 8.42 Å². The van der Waals surface area contributed by atoms with E-state index >= 15 is 0 Å². The molecule has 20 heavy (non-hydrogen) atoms. The lowest BCUT2D eigenvalue weighted by Gasteiger charge is -2.07. The quantitative estimate of drug-likeness (QED) is 0.890. The maximum absolute atomic E-state index is 12.1. The topological polar surface area (TPSA) is 68.3 Å². The minimum absolute atomic E-state index is 0.187. The van der Waals surface area contributed by atoms with Crippen LogP contribution in [0, 0.1) is 6.92 Å². The van der Waals surface area contributed by atoms with Crippen LogP contribution in [-0.2, 0) is 10.0 Å². The number of rotatable bonds is 6. The molecule has 0 saturated carbocycles. The number of aromatic nitrogens is 1. The molecule has 0 bridgehead atoms. The van der Waals surface area contributed by atoms with Crippen LogP contribution in [0.5, 0.6) is 5.75 Å². The van der Waals surface area contributed by atoms with Crippen molar-refractivity contribution in [3.63, 3.8) is 0 Å². The van der Waals surface area contributed by atoms with Gasteiger partial charge in [-0.15, -0.1) is 0 Å². The highest BCUT2D eigenvalue weighted by molar-refractivity contribution is 7.92. The van der Waals surface area contributed by atoms with Crippen molar-refractivity contribution in [2.75, 3.05) is 11.3 Å². The molecule has 0 unspecified atom stereocenters. The van der Waals surface area contributed by atoms with Gasteiger partial charge in [-0.2, -0.15) is 4.37 Å². The lowest BCUT2D eigenvalue weighted by atomic mass is 10.3. The van der Waals surface area contributed by atoms with E-state index in [0.717, 1.165) is 11.3 Å². The molecule has 0 amide bonds. The Morgan fingerprint density at radius 3 is 2.55 bits per heavy atom. The van der Waals surface area contributed by atoms with Gasteiger partial charge in [0.25, 0.3) is 10.0 Å². The minimum Gasteiger partial charge on any atom is -0.494 e. The molecular formula is C13H16N2O3S2. The lowest BCUT2D eigenvalue weighted by molar-refractivity contribution is 0.317. The second kappa shape index (κ2) is 6.23. The molecule has 1 heterocycles. The van der Waals surface area contributed by atoms with Crippen LogP contribution in [0.1, 0.15) is 18.2 Å². The Labute approximate surface area is 122 Å². The van der Waals surface area contributed by atoms with Crippen LogP contribution in [0.15, 0.2) is 35.2 Å². The molecule has 0 spiro atoms. The minimum atomic E-state index is -3.60. The number of anilines is 1. The summed E-state index contributed by atoms with van der Waals surface area (Å²) in [4.78, 5) is 1.14. The summed E-state index contributed by atoms with van der Waals surface area (Å²) in [5.74, 6) is 1.01. The summed E-state index contributed by atoms with van der Waals surface area (Å²) in [7, 11) is -3.60. The first-order valence-corrected chi connectivity index (χ1v) is 8.46. The van der Waals surface area contributed by atoms with E-state index in [4.69, 9.17) is 4.74 Å². The van der Waals surface area contributed by atoms with Crippen LogP contribution in [0.25, 0.3) is 0 Å². The summed E-state index contributed by atoms with van der Waals surface area (Å²) in [6.45, 7) is 4.50. The second-order valence-electron chi connectivity index (χ2n) is 4.25. The Morgan fingerprint density at radius 1 is 1.30 bits per heavy atom. The van der Waals surface area contributed by atoms with Crippen molar-refractivity contribution < 1.29 is 13.2 Å². The van der Waals surface area contributed by atoms with Gasteiger partial charge in [0.15, 0.2) is 5.82 Å². The maximum atomic E-state index is 12.1. The molecule has 5 nitrogen and oxygen atoms in total. The van der Waals surface area contributed by atoms with Gasteiger partial charge in [-0.1, -0.05) is 6.92 Å². The number of hydrogen-bond donors (Lipinski definition) is 1. The zero-order chi connectivity index (χ0) is 14.6. The van der Waals surface area contributed by atoms with Crippen molar-refractivity contribution in [2.45, 2.75) is 25.2 Å². The van der Waals surface area contributed by atoms with Crippen LogP contribution < -0.4 is 9.46 Å². The van der Waals surface area contributed by atoms with Gasteiger partial charge in [0.05, 0.1) is 11.5 Å². The summed E-state index contributed by atoms with van der Waals surface area (Å²) in [5.41, 5.74) is 0. The number of sulfonamides is 1. The average molecular weight is 312 g/mol. The molecule has 0 aliphatic carbocycles. The van der Waals surface area contributed by atoms with Gasteiger partial charge in [0, 0.05) is 4.88 Å². The number of aryl methyl sites for hydroxylation is 1. The summed E-state index contributed by atoms with van der Waals surface area (Å²) in [5, 5.41) is 0. The van der Waals surface area contributed by atoms with E-state index in [0.29, 0.717) is 18.2 Å². The van der Waals surface area contributed by atoms with Gasteiger partial charge in [-0.05, 0) is 55.2 Å². The molecule has 0 radical (unpaired) electrons. The number of hydrogen-bond acceptors (Lipinski definition) is 5. The van der Waals surface area contributed by atoms with Crippen molar-refractivity contribution in [2.24, 2.45) is 0 Å².